The van der Waals surface area contributed by atoms with E-state index in [1.54, 1.807) is 16.6 Å². The fraction of sp³-hybridized carbons (Fsp3) is 0.333. The molecular formula is C15H15N3S. The van der Waals surface area contributed by atoms with Gasteiger partial charge in [0.05, 0.1) is 0 Å². The predicted octanol–water partition coefficient (Wildman–Crippen LogP) is 2.79. The lowest BCUT2D eigenvalue weighted by Crippen LogP contribution is -2.12. The highest BCUT2D eigenvalue weighted by Gasteiger charge is 2.14. The summed E-state index contributed by atoms with van der Waals surface area (Å²) in [6.07, 6.45) is 5.52. The number of aryl methyl sites for hydroxylation is 2. The molecular weight excluding hydrogens is 254 g/mol. The van der Waals surface area contributed by atoms with Crippen LogP contribution >= 0.6 is 11.3 Å². The second-order valence-corrected chi connectivity index (χ2v) is 6.00. The zero-order valence-corrected chi connectivity index (χ0v) is 11.5. The summed E-state index contributed by atoms with van der Waals surface area (Å²) in [4.78, 5) is 6.96. The number of nitrogens with one attached hydrogen (secondary N) is 1. The minimum Gasteiger partial charge on any atom is -0.308 e. The summed E-state index contributed by atoms with van der Waals surface area (Å²) in [5.74, 6) is 0. The van der Waals surface area contributed by atoms with Gasteiger partial charge >= 0.3 is 0 Å². The minimum atomic E-state index is 0.481. The van der Waals surface area contributed by atoms with Crippen molar-refractivity contribution in [1.82, 2.24) is 10.3 Å². The van der Waals surface area contributed by atoms with E-state index in [0.717, 1.165) is 18.7 Å². The first-order valence-electron chi connectivity index (χ1n) is 6.51. The second-order valence-electron chi connectivity index (χ2n) is 4.78. The van der Waals surface area contributed by atoms with Crippen LogP contribution in [0.15, 0.2) is 24.4 Å². The van der Waals surface area contributed by atoms with Crippen molar-refractivity contribution in [2.24, 2.45) is 0 Å². The molecule has 0 aromatic carbocycles. The van der Waals surface area contributed by atoms with E-state index in [2.05, 4.69) is 22.4 Å². The molecule has 3 rings (SSSR count). The fourth-order valence-electron chi connectivity index (χ4n) is 2.45. The van der Waals surface area contributed by atoms with Crippen LogP contribution in [0.1, 0.15) is 33.0 Å². The van der Waals surface area contributed by atoms with Crippen LogP contribution in [-0.2, 0) is 25.9 Å². The maximum atomic E-state index is 8.80. The van der Waals surface area contributed by atoms with Crippen molar-refractivity contribution in [3.63, 3.8) is 0 Å². The third-order valence-electron chi connectivity index (χ3n) is 3.36. The molecule has 0 unspecified atom stereocenters. The summed E-state index contributed by atoms with van der Waals surface area (Å²) in [5.41, 5.74) is 3.14. The Hall–Kier alpha value is -1.70. The van der Waals surface area contributed by atoms with Crippen LogP contribution in [0.5, 0.6) is 0 Å². The first-order chi connectivity index (χ1) is 9.35. The summed E-state index contributed by atoms with van der Waals surface area (Å²) in [7, 11) is 0. The van der Waals surface area contributed by atoms with Crippen molar-refractivity contribution in [3.8, 4) is 6.07 Å². The molecule has 2 heterocycles. The Morgan fingerprint density at radius 3 is 3.11 bits per heavy atom. The third kappa shape index (κ3) is 2.83. The zero-order chi connectivity index (χ0) is 13.1. The van der Waals surface area contributed by atoms with E-state index in [0.29, 0.717) is 5.69 Å². The van der Waals surface area contributed by atoms with Crippen molar-refractivity contribution in [1.29, 1.82) is 5.26 Å². The number of nitriles is 1. The van der Waals surface area contributed by atoms with Gasteiger partial charge in [-0.2, -0.15) is 5.26 Å². The van der Waals surface area contributed by atoms with E-state index < -0.39 is 0 Å². The molecule has 0 atom stereocenters. The molecule has 0 amide bonds. The minimum absolute atomic E-state index is 0.481. The van der Waals surface area contributed by atoms with E-state index >= 15 is 0 Å². The highest BCUT2D eigenvalue weighted by molar-refractivity contribution is 7.12. The van der Waals surface area contributed by atoms with Crippen molar-refractivity contribution >= 4 is 11.3 Å². The molecule has 0 spiro atoms. The zero-order valence-electron chi connectivity index (χ0n) is 10.6. The van der Waals surface area contributed by atoms with Gasteiger partial charge in [-0.25, -0.2) is 4.98 Å². The molecule has 19 heavy (non-hydrogen) atoms. The first kappa shape index (κ1) is 12.3. The van der Waals surface area contributed by atoms with E-state index in [9.17, 15) is 0 Å². The molecule has 3 nitrogen and oxygen atoms in total. The number of rotatable bonds is 4. The van der Waals surface area contributed by atoms with E-state index in [4.69, 9.17) is 5.26 Å². The average molecular weight is 269 g/mol. The monoisotopic (exact) mass is 269 g/mol. The Labute approximate surface area is 116 Å². The Morgan fingerprint density at radius 2 is 2.26 bits per heavy atom. The second kappa shape index (κ2) is 5.52. The topological polar surface area (TPSA) is 48.7 Å². The highest BCUT2D eigenvalue weighted by Crippen LogP contribution is 2.30. The molecule has 2 aromatic heterocycles. The molecule has 1 aliphatic rings. The van der Waals surface area contributed by atoms with Crippen LogP contribution in [-0.4, -0.2) is 4.98 Å². The van der Waals surface area contributed by atoms with Gasteiger partial charge in [0, 0.05) is 29.0 Å². The number of aromatic nitrogens is 1. The van der Waals surface area contributed by atoms with Gasteiger partial charge in [0.15, 0.2) is 0 Å². The maximum Gasteiger partial charge on any atom is 0.140 e. The standard InChI is InChI=1S/C15H15N3S/c16-8-13-6-11(4-5-18-13)9-17-10-14-7-12-2-1-3-15(12)19-14/h4-7,17H,1-3,9-10H2. The van der Waals surface area contributed by atoms with Crippen LogP contribution in [0.3, 0.4) is 0 Å². The maximum absolute atomic E-state index is 8.80. The third-order valence-corrected chi connectivity index (χ3v) is 4.60. The molecule has 2 aromatic rings. The lowest BCUT2D eigenvalue weighted by Gasteiger charge is -2.03. The molecule has 0 bridgehead atoms. The number of hydrogen-bond acceptors (Lipinski definition) is 4. The summed E-state index contributed by atoms with van der Waals surface area (Å²) >= 11 is 1.94. The van der Waals surface area contributed by atoms with Gasteiger partial charge in [0.25, 0.3) is 0 Å². The average Bonchev–Trinajstić information content (AvgIpc) is 3.00. The van der Waals surface area contributed by atoms with Gasteiger partial charge in [0.1, 0.15) is 11.8 Å². The normalized spacial score (nSPS) is 13.2. The van der Waals surface area contributed by atoms with Gasteiger partial charge in [-0.3, -0.25) is 0 Å². The molecule has 0 aliphatic heterocycles. The van der Waals surface area contributed by atoms with Crippen LogP contribution in [0, 0.1) is 11.3 Å². The van der Waals surface area contributed by atoms with Crippen molar-refractivity contribution < 1.29 is 0 Å². The molecule has 96 valence electrons. The number of thiophene rings is 1. The molecule has 0 saturated carbocycles. The van der Waals surface area contributed by atoms with Crippen molar-refractivity contribution in [3.05, 3.63) is 51.0 Å². The molecule has 1 aliphatic carbocycles. The quantitative estimate of drug-likeness (QED) is 0.928. The lowest BCUT2D eigenvalue weighted by atomic mass is 10.2. The summed E-state index contributed by atoms with van der Waals surface area (Å²) in [5, 5.41) is 12.2. The SMILES string of the molecule is N#Cc1cc(CNCc2cc3c(s2)CCC3)ccn1. The van der Waals surface area contributed by atoms with Crippen LogP contribution in [0.25, 0.3) is 0 Å². The van der Waals surface area contributed by atoms with Crippen LogP contribution in [0.2, 0.25) is 0 Å². The van der Waals surface area contributed by atoms with Crippen molar-refractivity contribution in [2.75, 3.05) is 0 Å². The summed E-state index contributed by atoms with van der Waals surface area (Å²) < 4.78 is 0. The summed E-state index contributed by atoms with van der Waals surface area (Å²) in [6.45, 7) is 1.68. The van der Waals surface area contributed by atoms with Gasteiger partial charge in [-0.05, 0) is 48.6 Å². The van der Waals surface area contributed by atoms with Gasteiger partial charge in [-0.1, -0.05) is 0 Å². The Kier molecular flexibility index (Phi) is 3.58. The van der Waals surface area contributed by atoms with Gasteiger partial charge in [0.2, 0.25) is 0 Å². The fourth-order valence-corrected chi connectivity index (χ4v) is 3.68. The number of pyridine rings is 1. The van der Waals surface area contributed by atoms with Crippen LogP contribution in [0.4, 0.5) is 0 Å². The van der Waals surface area contributed by atoms with Crippen LogP contribution < -0.4 is 5.32 Å². The Balaban J connectivity index is 1.56. The van der Waals surface area contributed by atoms with Crippen molar-refractivity contribution in [2.45, 2.75) is 32.4 Å². The predicted molar refractivity (Wildman–Crippen MR) is 75.8 cm³/mol. The number of nitrogens with zero attached hydrogens (tertiary/aromatic N) is 2. The van der Waals surface area contributed by atoms with Gasteiger partial charge in [-0.15, -0.1) is 11.3 Å². The lowest BCUT2D eigenvalue weighted by molar-refractivity contribution is 0.699. The smallest absolute Gasteiger partial charge is 0.140 e. The van der Waals surface area contributed by atoms with E-state index in [-0.39, 0.29) is 0 Å². The highest BCUT2D eigenvalue weighted by atomic mass is 32.1. The van der Waals surface area contributed by atoms with E-state index in [1.165, 1.54) is 24.1 Å². The Morgan fingerprint density at radius 1 is 1.32 bits per heavy atom. The first-order valence-corrected chi connectivity index (χ1v) is 7.33. The molecule has 0 saturated heterocycles. The molecule has 0 fully saturated rings. The molecule has 4 heteroatoms. The van der Waals surface area contributed by atoms with E-state index in [1.807, 2.05) is 23.5 Å². The van der Waals surface area contributed by atoms with Gasteiger partial charge < -0.3 is 5.32 Å². The number of hydrogen-bond donors (Lipinski definition) is 1. The largest absolute Gasteiger partial charge is 0.308 e. The Bertz CT molecular complexity index is 603. The number of fused-ring (bicyclic) bond motifs is 1. The summed E-state index contributed by atoms with van der Waals surface area (Å²) in [6, 6.07) is 8.19. The molecule has 1 N–H and O–H groups in total. The molecule has 0 radical (unpaired) electrons.